The van der Waals surface area contributed by atoms with Crippen LogP contribution in [-0.2, 0) is 9.53 Å². The third kappa shape index (κ3) is 4.36. The molecule has 0 saturated heterocycles. The van der Waals surface area contributed by atoms with Crippen molar-refractivity contribution < 1.29 is 14.3 Å². The van der Waals surface area contributed by atoms with Crippen LogP contribution in [-0.4, -0.2) is 24.3 Å². The molecule has 1 atom stereocenters. The fraction of sp³-hybridized carbons (Fsp3) is 0.208. The summed E-state index contributed by atoms with van der Waals surface area (Å²) in [7, 11) is 1.58. The molecule has 4 rings (SSSR count). The Hall–Kier alpha value is -2.87. The van der Waals surface area contributed by atoms with E-state index in [1.165, 1.54) is 15.9 Å². The molecule has 2 heterocycles. The van der Waals surface area contributed by atoms with Gasteiger partial charge in [0.15, 0.2) is 4.80 Å². The van der Waals surface area contributed by atoms with Gasteiger partial charge in [0, 0.05) is 15.6 Å². The minimum Gasteiger partial charge on any atom is -0.497 e. The van der Waals surface area contributed by atoms with Crippen molar-refractivity contribution in [3.8, 4) is 5.75 Å². The third-order valence-electron chi connectivity index (χ3n) is 5.22. The molecule has 9 heteroatoms. The smallest absolute Gasteiger partial charge is 0.338 e. The van der Waals surface area contributed by atoms with E-state index in [0.29, 0.717) is 42.0 Å². The molecule has 1 aliphatic heterocycles. The van der Waals surface area contributed by atoms with Crippen molar-refractivity contribution in [1.82, 2.24) is 4.57 Å². The number of aromatic nitrogens is 1. The number of methoxy groups -OCH3 is 1. The van der Waals surface area contributed by atoms with Gasteiger partial charge in [-0.25, -0.2) is 9.79 Å². The maximum Gasteiger partial charge on any atom is 0.338 e. The first-order valence-corrected chi connectivity index (χ1v) is 11.7. The van der Waals surface area contributed by atoms with Crippen molar-refractivity contribution in [1.29, 1.82) is 0 Å². The summed E-state index contributed by atoms with van der Waals surface area (Å²) in [5.74, 6) is 0.154. The summed E-state index contributed by atoms with van der Waals surface area (Å²) in [5, 5.41) is 0.867. The first-order chi connectivity index (χ1) is 15.8. The fourth-order valence-corrected chi connectivity index (χ4v) is 5.21. The lowest BCUT2D eigenvalue weighted by Gasteiger charge is -2.24. The van der Waals surface area contributed by atoms with E-state index in [1.807, 2.05) is 12.1 Å². The normalized spacial score (nSPS) is 15.8. The highest BCUT2D eigenvalue weighted by atomic mass is 35.5. The zero-order chi connectivity index (χ0) is 23.7. The number of ether oxygens (including phenoxy) is 2. The third-order valence-corrected chi connectivity index (χ3v) is 6.87. The fourth-order valence-electron chi connectivity index (χ4n) is 3.67. The zero-order valence-corrected chi connectivity index (χ0v) is 20.4. The molecule has 3 aromatic rings. The van der Waals surface area contributed by atoms with Gasteiger partial charge in [0.05, 0.1) is 35.6 Å². The highest BCUT2D eigenvalue weighted by Crippen LogP contribution is 2.31. The summed E-state index contributed by atoms with van der Waals surface area (Å²) in [6, 6.07) is 11.7. The number of benzene rings is 2. The largest absolute Gasteiger partial charge is 0.497 e. The molecule has 0 saturated carbocycles. The molecular formula is C24H20Cl2N2O4S. The number of fused-ring (bicyclic) bond motifs is 1. The quantitative estimate of drug-likeness (QED) is 0.492. The predicted octanol–water partition coefficient (Wildman–Crippen LogP) is 4.11. The van der Waals surface area contributed by atoms with Crippen molar-refractivity contribution in [3.63, 3.8) is 0 Å². The molecule has 6 nitrogen and oxygen atoms in total. The Morgan fingerprint density at radius 2 is 1.85 bits per heavy atom. The van der Waals surface area contributed by atoms with Gasteiger partial charge < -0.3 is 9.47 Å². The van der Waals surface area contributed by atoms with E-state index < -0.39 is 12.0 Å². The molecule has 0 fully saturated rings. The van der Waals surface area contributed by atoms with Gasteiger partial charge in [0.2, 0.25) is 0 Å². The minimum atomic E-state index is -0.699. The molecule has 0 N–H and O–H groups in total. The number of hydrogen-bond donors (Lipinski definition) is 0. The van der Waals surface area contributed by atoms with Crippen LogP contribution < -0.4 is 19.6 Å². The van der Waals surface area contributed by atoms with Crippen LogP contribution in [0.25, 0.3) is 6.08 Å². The number of carbonyl (C=O) groups excluding carboxylic acids is 1. The maximum atomic E-state index is 13.6. The van der Waals surface area contributed by atoms with Crippen LogP contribution >= 0.6 is 34.5 Å². The number of allylic oxidation sites excluding steroid dienone is 1. The van der Waals surface area contributed by atoms with Crippen LogP contribution in [0.4, 0.5) is 0 Å². The Labute approximate surface area is 204 Å². The highest BCUT2D eigenvalue weighted by molar-refractivity contribution is 7.07. The van der Waals surface area contributed by atoms with Crippen molar-refractivity contribution >= 4 is 46.6 Å². The molecule has 1 aromatic heterocycles. The van der Waals surface area contributed by atoms with Gasteiger partial charge in [-0.05, 0) is 49.8 Å². The van der Waals surface area contributed by atoms with Crippen molar-refractivity contribution in [3.05, 3.63) is 94.6 Å². The Bertz CT molecular complexity index is 1420. The van der Waals surface area contributed by atoms with E-state index in [9.17, 15) is 9.59 Å². The first-order valence-electron chi connectivity index (χ1n) is 10.1. The van der Waals surface area contributed by atoms with Gasteiger partial charge in [-0.15, -0.1) is 0 Å². The lowest BCUT2D eigenvalue weighted by molar-refractivity contribution is -0.139. The molecule has 170 valence electrons. The Morgan fingerprint density at radius 3 is 2.45 bits per heavy atom. The summed E-state index contributed by atoms with van der Waals surface area (Å²) in [6.07, 6.45) is 1.66. The first kappa shape index (κ1) is 23.3. The van der Waals surface area contributed by atoms with Gasteiger partial charge in [-0.3, -0.25) is 9.36 Å². The zero-order valence-electron chi connectivity index (χ0n) is 18.1. The second-order valence-corrected chi connectivity index (χ2v) is 9.03. The monoisotopic (exact) mass is 502 g/mol. The lowest BCUT2D eigenvalue weighted by Crippen LogP contribution is -2.39. The van der Waals surface area contributed by atoms with Crippen LogP contribution in [0.1, 0.15) is 31.0 Å². The highest BCUT2D eigenvalue weighted by Gasteiger charge is 2.33. The minimum absolute atomic E-state index is 0.209. The lowest BCUT2D eigenvalue weighted by atomic mass is 9.96. The van der Waals surface area contributed by atoms with Crippen molar-refractivity contribution in [2.45, 2.75) is 19.9 Å². The molecule has 0 amide bonds. The van der Waals surface area contributed by atoms with Crippen molar-refractivity contribution in [2.24, 2.45) is 4.99 Å². The van der Waals surface area contributed by atoms with E-state index in [0.717, 1.165) is 5.56 Å². The summed E-state index contributed by atoms with van der Waals surface area (Å²) in [5.41, 5.74) is 1.80. The number of nitrogens with zero attached hydrogens (tertiary/aromatic N) is 2. The molecule has 0 aliphatic carbocycles. The summed E-state index contributed by atoms with van der Waals surface area (Å²) in [4.78, 5) is 31.5. The Morgan fingerprint density at radius 1 is 1.18 bits per heavy atom. The van der Waals surface area contributed by atoms with Gasteiger partial charge >= 0.3 is 5.97 Å². The van der Waals surface area contributed by atoms with Crippen LogP contribution in [0.15, 0.2) is 63.5 Å². The number of thiazole rings is 1. The average molecular weight is 503 g/mol. The molecule has 0 radical (unpaired) electrons. The van der Waals surface area contributed by atoms with E-state index in [2.05, 4.69) is 4.99 Å². The van der Waals surface area contributed by atoms with Crippen LogP contribution in [0.3, 0.4) is 0 Å². The number of carbonyl (C=O) groups is 1. The summed E-state index contributed by atoms with van der Waals surface area (Å²) >= 11 is 13.8. The second kappa shape index (κ2) is 9.55. The summed E-state index contributed by atoms with van der Waals surface area (Å²) in [6.45, 7) is 3.68. The van der Waals surface area contributed by atoms with E-state index in [1.54, 1.807) is 57.4 Å². The van der Waals surface area contributed by atoms with E-state index in [4.69, 9.17) is 32.7 Å². The number of esters is 1. The van der Waals surface area contributed by atoms with E-state index in [-0.39, 0.29) is 12.2 Å². The van der Waals surface area contributed by atoms with Gasteiger partial charge in [-0.2, -0.15) is 0 Å². The van der Waals surface area contributed by atoms with Crippen LogP contribution in [0.5, 0.6) is 5.75 Å². The second-order valence-electron chi connectivity index (χ2n) is 7.21. The molecule has 0 unspecified atom stereocenters. The molecule has 0 bridgehead atoms. The van der Waals surface area contributed by atoms with Gasteiger partial charge in [-0.1, -0.05) is 52.7 Å². The summed E-state index contributed by atoms with van der Waals surface area (Å²) < 4.78 is 12.5. The standard InChI is InChI=1S/C24H20Cl2N2O4S/c1-4-32-23(30)20-13(2)27-24-28(21(20)14-8-10-15(31-3)11-9-14)22(29)19(33-24)12-16-17(25)6-5-7-18(16)26/h5-12,21H,4H2,1-3H3/b19-12+/t21-/m1/s1. The number of halogens is 2. The van der Waals surface area contributed by atoms with Gasteiger partial charge in [0.1, 0.15) is 5.75 Å². The molecule has 0 spiro atoms. The topological polar surface area (TPSA) is 69.9 Å². The Balaban J connectivity index is 1.97. The van der Waals surface area contributed by atoms with E-state index >= 15 is 0 Å². The average Bonchev–Trinajstić information content (AvgIpc) is 3.10. The maximum absolute atomic E-state index is 13.6. The molecule has 1 aliphatic rings. The SMILES string of the molecule is CCOC(=O)C1=C(C)N=c2s/c(=C/c3c(Cl)cccc3Cl)c(=O)n2[C@@H]1c1ccc(OC)cc1. The number of rotatable bonds is 5. The predicted molar refractivity (Wildman–Crippen MR) is 130 cm³/mol. The van der Waals surface area contributed by atoms with Crippen molar-refractivity contribution in [2.75, 3.05) is 13.7 Å². The number of hydrogen-bond acceptors (Lipinski definition) is 6. The molecule has 2 aromatic carbocycles. The van der Waals surface area contributed by atoms with Gasteiger partial charge in [0.25, 0.3) is 5.56 Å². The van der Waals surface area contributed by atoms with Crippen LogP contribution in [0, 0.1) is 0 Å². The molecule has 33 heavy (non-hydrogen) atoms. The molecular weight excluding hydrogens is 483 g/mol. The Kier molecular flexibility index (Phi) is 6.74. The van der Waals surface area contributed by atoms with Crippen LogP contribution in [0.2, 0.25) is 10.0 Å².